The topological polar surface area (TPSA) is 55.0 Å². The molecule has 0 spiro atoms. The lowest BCUT2D eigenvalue weighted by Crippen LogP contribution is -2.28. The number of nitrogens with zero attached hydrogens (tertiary/aromatic N) is 3. The van der Waals surface area contributed by atoms with Crippen LogP contribution in [0.3, 0.4) is 0 Å². The second-order valence-corrected chi connectivity index (χ2v) is 4.71. The minimum absolute atomic E-state index is 0.720. The van der Waals surface area contributed by atoms with Crippen molar-refractivity contribution in [2.24, 2.45) is 5.92 Å². The van der Waals surface area contributed by atoms with E-state index in [0.717, 1.165) is 36.2 Å². The van der Waals surface area contributed by atoms with Crippen LogP contribution >= 0.6 is 11.5 Å². The van der Waals surface area contributed by atoms with Crippen molar-refractivity contribution < 1.29 is 0 Å². The monoisotopic (exact) mass is 228 g/mol. The maximum absolute atomic E-state index is 5.77. The first-order valence-electron chi connectivity index (χ1n) is 5.46. The van der Waals surface area contributed by atoms with Crippen LogP contribution in [0.5, 0.6) is 0 Å². The first-order chi connectivity index (χ1) is 7.17. The molecule has 1 unspecified atom stereocenters. The van der Waals surface area contributed by atoms with Crippen LogP contribution in [0.1, 0.15) is 32.9 Å². The van der Waals surface area contributed by atoms with Crippen molar-refractivity contribution in [2.45, 2.75) is 33.7 Å². The van der Waals surface area contributed by atoms with Gasteiger partial charge < -0.3 is 5.73 Å². The van der Waals surface area contributed by atoms with E-state index in [9.17, 15) is 0 Å². The Morgan fingerprint density at radius 3 is 2.67 bits per heavy atom. The Balaban J connectivity index is 2.50. The molecule has 1 aromatic rings. The van der Waals surface area contributed by atoms with E-state index in [-0.39, 0.29) is 0 Å². The lowest BCUT2D eigenvalue weighted by atomic mass is 10.1. The van der Waals surface area contributed by atoms with Crippen LogP contribution in [0.15, 0.2) is 0 Å². The lowest BCUT2D eigenvalue weighted by Gasteiger charge is -2.22. The maximum Gasteiger partial charge on any atom is 0.132 e. The molecular formula is C10H20N4S. The van der Waals surface area contributed by atoms with Gasteiger partial charge in [0.2, 0.25) is 0 Å². The molecule has 0 fully saturated rings. The Morgan fingerprint density at radius 2 is 2.20 bits per heavy atom. The third kappa shape index (κ3) is 3.76. The average molecular weight is 228 g/mol. The lowest BCUT2D eigenvalue weighted by molar-refractivity contribution is 0.236. The van der Waals surface area contributed by atoms with Crippen molar-refractivity contribution in [1.82, 2.24) is 14.5 Å². The quantitative estimate of drug-likeness (QED) is 0.809. The van der Waals surface area contributed by atoms with Crippen LogP contribution < -0.4 is 5.73 Å². The van der Waals surface area contributed by atoms with Crippen molar-refractivity contribution in [3.05, 3.63) is 5.69 Å². The summed E-state index contributed by atoms with van der Waals surface area (Å²) in [5, 5.41) is 4.79. The Hall–Kier alpha value is -0.680. The van der Waals surface area contributed by atoms with Crippen LogP contribution in [-0.4, -0.2) is 27.6 Å². The van der Waals surface area contributed by atoms with E-state index >= 15 is 0 Å². The van der Waals surface area contributed by atoms with Gasteiger partial charge in [0, 0.05) is 24.6 Å². The average Bonchev–Trinajstić information content (AvgIpc) is 2.63. The second kappa shape index (κ2) is 6.02. The molecule has 0 aliphatic rings. The molecule has 0 aromatic carbocycles. The zero-order valence-electron chi connectivity index (χ0n) is 9.73. The normalized spacial score (nSPS) is 13.3. The molecule has 1 rings (SSSR count). The number of nitrogens with two attached hydrogens (primary N) is 1. The summed E-state index contributed by atoms with van der Waals surface area (Å²) in [4.78, 5) is 2.36. The van der Waals surface area contributed by atoms with Crippen LogP contribution in [0, 0.1) is 5.92 Å². The Labute approximate surface area is 95.6 Å². The van der Waals surface area contributed by atoms with Gasteiger partial charge in [0.1, 0.15) is 10.7 Å². The molecule has 1 aromatic heterocycles. The zero-order valence-corrected chi connectivity index (χ0v) is 10.5. The predicted molar refractivity (Wildman–Crippen MR) is 64.7 cm³/mol. The molecule has 4 nitrogen and oxygen atoms in total. The zero-order chi connectivity index (χ0) is 11.3. The van der Waals surface area contributed by atoms with Crippen molar-refractivity contribution >= 4 is 16.5 Å². The van der Waals surface area contributed by atoms with Crippen molar-refractivity contribution in [2.75, 3.05) is 18.8 Å². The van der Waals surface area contributed by atoms with E-state index in [1.165, 1.54) is 18.0 Å². The summed E-state index contributed by atoms with van der Waals surface area (Å²) >= 11 is 1.27. The van der Waals surface area contributed by atoms with Gasteiger partial charge in [-0.05, 0) is 12.5 Å². The molecule has 0 radical (unpaired) electrons. The molecule has 1 heterocycles. The highest BCUT2D eigenvalue weighted by Crippen LogP contribution is 2.15. The molecule has 2 N–H and O–H groups in total. The highest BCUT2D eigenvalue weighted by molar-refractivity contribution is 7.09. The van der Waals surface area contributed by atoms with E-state index in [1.54, 1.807) is 0 Å². The molecule has 0 saturated heterocycles. The largest absolute Gasteiger partial charge is 0.388 e. The van der Waals surface area contributed by atoms with Crippen molar-refractivity contribution in [3.8, 4) is 0 Å². The molecule has 86 valence electrons. The van der Waals surface area contributed by atoms with Gasteiger partial charge in [0.05, 0.1) is 0 Å². The first kappa shape index (κ1) is 12.4. The number of hydrogen-bond donors (Lipinski definition) is 1. The number of hydrogen-bond acceptors (Lipinski definition) is 5. The van der Waals surface area contributed by atoms with E-state index in [1.807, 2.05) is 0 Å². The first-order valence-corrected chi connectivity index (χ1v) is 6.23. The Morgan fingerprint density at radius 1 is 1.47 bits per heavy atom. The Kier molecular flexibility index (Phi) is 4.98. The summed E-state index contributed by atoms with van der Waals surface area (Å²) in [5.74, 6) is 0.720. The number of nitrogen functional groups attached to an aromatic ring is 1. The van der Waals surface area contributed by atoms with Crippen LogP contribution in [0.2, 0.25) is 0 Å². The minimum atomic E-state index is 0.720. The molecule has 15 heavy (non-hydrogen) atoms. The molecule has 5 heteroatoms. The van der Waals surface area contributed by atoms with Gasteiger partial charge in [-0.3, -0.25) is 4.90 Å². The molecule has 0 aliphatic heterocycles. The molecular weight excluding hydrogens is 208 g/mol. The van der Waals surface area contributed by atoms with Gasteiger partial charge in [0.25, 0.3) is 0 Å². The van der Waals surface area contributed by atoms with Crippen LogP contribution in [-0.2, 0) is 6.54 Å². The summed E-state index contributed by atoms with van der Waals surface area (Å²) < 4.78 is 3.85. The molecule has 0 saturated carbocycles. The smallest absolute Gasteiger partial charge is 0.132 e. The molecule has 0 bridgehead atoms. The van der Waals surface area contributed by atoms with Crippen molar-refractivity contribution in [3.63, 3.8) is 0 Å². The van der Waals surface area contributed by atoms with E-state index in [2.05, 4.69) is 35.3 Å². The van der Waals surface area contributed by atoms with E-state index in [4.69, 9.17) is 5.73 Å². The minimum Gasteiger partial charge on any atom is -0.388 e. The summed E-state index contributed by atoms with van der Waals surface area (Å²) in [5.41, 5.74) is 6.70. The fourth-order valence-corrected chi connectivity index (χ4v) is 1.85. The number of anilines is 1. The van der Waals surface area contributed by atoms with Gasteiger partial charge in [0.15, 0.2) is 0 Å². The summed E-state index contributed by atoms with van der Waals surface area (Å²) in [6, 6.07) is 0. The standard InChI is InChI=1S/C10H20N4S/c1-4-8(3)6-14(5-2)7-9-10(11)15-13-12-9/h8H,4-7,11H2,1-3H3. The maximum atomic E-state index is 5.77. The molecule has 1 atom stereocenters. The number of aromatic nitrogens is 2. The van der Waals surface area contributed by atoms with Crippen LogP contribution in [0.4, 0.5) is 5.00 Å². The van der Waals surface area contributed by atoms with E-state index < -0.39 is 0 Å². The van der Waals surface area contributed by atoms with Crippen molar-refractivity contribution in [1.29, 1.82) is 0 Å². The van der Waals surface area contributed by atoms with Crippen LogP contribution in [0.25, 0.3) is 0 Å². The third-order valence-electron chi connectivity index (χ3n) is 2.67. The highest BCUT2D eigenvalue weighted by Gasteiger charge is 2.11. The second-order valence-electron chi connectivity index (χ2n) is 3.93. The Bertz CT molecular complexity index is 287. The fraction of sp³-hybridized carbons (Fsp3) is 0.800. The predicted octanol–water partition coefficient (Wildman–Crippen LogP) is 1.99. The van der Waals surface area contributed by atoms with E-state index in [0.29, 0.717) is 0 Å². The third-order valence-corrected chi connectivity index (χ3v) is 3.27. The fourth-order valence-electron chi connectivity index (χ4n) is 1.41. The summed E-state index contributed by atoms with van der Waals surface area (Å²) in [6.07, 6.45) is 1.21. The summed E-state index contributed by atoms with van der Waals surface area (Å²) in [7, 11) is 0. The molecule has 0 aliphatic carbocycles. The van der Waals surface area contributed by atoms with Gasteiger partial charge in [-0.15, -0.1) is 5.10 Å². The number of rotatable bonds is 6. The summed E-state index contributed by atoms with van der Waals surface area (Å²) in [6.45, 7) is 9.61. The van der Waals surface area contributed by atoms with Gasteiger partial charge in [-0.1, -0.05) is 31.7 Å². The van der Waals surface area contributed by atoms with Gasteiger partial charge in [-0.25, -0.2) is 0 Å². The molecule has 0 amide bonds. The van der Waals surface area contributed by atoms with Gasteiger partial charge in [-0.2, -0.15) is 0 Å². The SMILES string of the molecule is CCC(C)CN(CC)Cc1nnsc1N. The highest BCUT2D eigenvalue weighted by atomic mass is 32.1. The van der Waals surface area contributed by atoms with Gasteiger partial charge >= 0.3 is 0 Å².